The zero-order valence-electron chi connectivity index (χ0n) is 28.0. The second-order valence-electron chi connectivity index (χ2n) is 14.4. The van der Waals surface area contributed by atoms with Gasteiger partial charge >= 0.3 is 11.9 Å². The highest BCUT2D eigenvalue weighted by molar-refractivity contribution is 8.00. The molecule has 1 saturated carbocycles. The molecule has 1 fully saturated rings. The van der Waals surface area contributed by atoms with Gasteiger partial charge in [0.2, 0.25) is 5.91 Å². The smallest absolute Gasteiger partial charge is 0.327 e. The van der Waals surface area contributed by atoms with Crippen LogP contribution < -0.4 is 16.4 Å². The van der Waals surface area contributed by atoms with E-state index in [1.54, 1.807) is 20.8 Å². The molecule has 10 nitrogen and oxygen atoms in total. The van der Waals surface area contributed by atoms with Crippen LogP contribution in [0.25, 0.3) is 0 Å². The number of rotatable bonds is 22. The van der Waals surface area contributed by atoms with Crippen molar-refractivity contribution in [3.63, 3.8) is 0 Å². The molecule has 0 bridgehead atoms. The first-order chi connectivity index (χ1) is 19.7. The maximum atomic E-state index is 13.1. The predicted molar refractivity (Wildman–Crippen MR) is 172 cm³/mol. The molecule has 0 aromatic heterocycles. The number of ether oxygens (including phenoxy) is 1. The lowest BCUT2D eigenvalue weighted by Crippen LogP contribution is -2.50. The van der Waals surface area contributed by atoms with Gasteiger partial charge in [-0.25, -0.2) is 4.79 Å². The van der Waals surface area contributed by atoms with E-state index >= 15 is 0 Å². The maximum absolute atomic E-state index is 13.1. The molecule has 0 aromatic carbocycles. The zero-order chi connectivity index (χ0) is 33.2. The molecule has 11 heteroatoms. The van der Waals surface area contributed by atoms with Crippen LogP contribution in [-0.2, 0) is 23.9 Å². The van der Waals surface area contributed by atoms with Gasteiger partial charge in [-0.15, -0.1) is 0 Å². The fourth-order valence-electron chi connectivity index (χ4n) is 4.67. The summed E-state index contributed by atoms with van der Waals surface area (Å²) < 4.78 is 5.85. The zero-order valence-corrected chi connectivity index (χ0v) is 28.8. The number of hydrogen-bond donors (Lipinski definition) is 5. The largest absolute Gasteiger partial charge is 0.480 e. The first kappa shape index (κ1) is 39.3. The number of ketones is 1. The van der Waals surface area contributed by atoms with Crippen LogP contribution in [0.4, 0.5) is 0 Å². The number of carboxylic acids is 2. The maximum Gasteiger partial charge on any atom is 0.327 e. The Kier molecular flexibility index (Phi) is 15.2. The molecule has 0 saturated heterocycles. The number of aliphatic carboxylic acids is 2. The van der Waals surface area contributed by atoms with Gasteiger partial charge in [-0.05, 0) is 78.1 Å². The standard InChI is InChI=1S/C32H59N3O7S/c1-10-29(3,4)25(36)16-17-32(9,33)42-19-18-30(5,6)28(41)34-23(27(39)40)20-43-24-15-13-21(24)12-14-22(26(37)38)35-31(7,8)11-2/h21-24,35H,10-20,33H2,1-9H3,(H,34,41)(H,37,38)(H,39,40). The Labute approximate surface area is 263 Å². The summed E-state index contributed by atoms with van der Waals surface area (Å²) in [4.78, 5) is 49.3. The fraction of sp³-hybridized carbons (Fsp3) is 0.875. The molecule has 43 heavy (non-hydrogen) atoms. The van der Waals surface area contributed by atoms with Crippen LogP contribution >= 0.6 is 11.8 Å². The third kappa shape index (κ3) is 13.5. The van der Waals surface area contributed by atoms with Crippen molar-refractivity contribution in [2.24, 2.45) is 22.5 Å². The third-order valence-electron chi connectivity index (χ3n) is 9.26. The van der Waals surface area contributed by atoms with Crippen LogP contribution in [0.5, 0.6) is 0 Å². The summed E-state index contributed by atoms with van der Waals surface area (Å²) >= 11 is 1.54. The van der Waals surface area contributed by atoms with Gasteiger partial charge in [-0.3, -0.25) is 19.7 Å². The number of nitrogens with one attached hydrogen (secondary N) is 2. The lowest BCUT2D eigenvalue weighted by molar-refractivity contribution is -0.143. The normalized spacial score (nSPS) is 20.4. The summed E-state index contributed by atoms with van der Waals surface area (Å²) in [6.07, 6.45) is 5.78. The minimum Gasteiger partial charge on any atom is -0.480 e. The van der Waals surface area contributed by atoms with E-state index in [1.807, 2.05) is 41.5 Å². The lowest BCUT2D eigenvalue weighted by atomic mass is 9.80. The molecule has 1 rings (SSSR count). The molecule has 1 aliphatic carbocycles. The van der Waals surface area contributed by atoms with Crippen molar-refractivity contribution in [3.8, 4) is 0 Å². The van der Waals surface area contributed by atoms with Gasteiger partial charge < -0.3 is 26.0 Å². The number of amides is 1. The van der Waals surface area contributed by atoms with Crippen molar-refractivity contribution in [2.75, 3.05) is 12.4 Å². The molecule has 6 N–H and O–H groups in total. The van der Waals surface area contributed by atoms with E-state index in [9.17, 15) is 29.4 Å². The van der Waals surface area contributed by atoms with Gasteiger partial charge in [0.15, 0.2) is 0 Å². The Balaban J connectivity index is 2.58. The summed E-state index contributed by atoms with van der Waals surface area (Å²) in [5.41, 5.74) is 3.70. The summed E-state index contributed by atoms with van der Waals surface area (Å²) in [6.45, 7) is 17.2. The minimum atomic E-state index is -1.09. The van der Waals surface area contributed by atoms with Gasteiger partial charge in [-0.1, -0.05) is 41.5 Å². The first-order valence-corrected chi connectivity index (χ1v) is 16.8. The van der Waals surface area contributed by atoms with Gasteiger partial charge in [0.1, 0.15) is 23.6 Å². The van der Waals surface area contributed by atoms with Crippen LogP contribution in [0.3, 0.4) is 0 Å². The van der Waals surface area contributed by atoms with E-state index in [-0.39, 0.29) is 34.8 Å². The summed E-state index contributed by atoms with van der Waals surface area (Å²) in [6, 6.07) is -1.66. The second-order valence-corrected chi connectivity index (χ2v) is 15.7. The highest BCUT2D eigenvalue weighted by atomic mass is 32.2. The van der Waals surface area contributed by atoms with Gasteiger partial charge in [0.25, 0.3) is 0 Å². The van der Waals surface area contributed by atoms with Crippen LogP contribution in [0.2, 0.25) is 0 Å². The first-order valence-electron chi connectivity index (χ1n) is 15.8. The number of carbonyl (C=O) groups is 4. The Morgan fingerprint density at radius 3 is 2.00 bits per heavy atom. The second kappa shape index (κ2) is 16.6. The van der Waals surface area contributed by atoms with E-state index in [0.29, 0.717) is 31.6 Å². The summed E-state index contributed by atoms with van der Waals surface area (Å²) in [5, 5.41) is 25.7. The summed E-state index contributed by atoms with van der Waals surface area (Å²) in [5.74, 6) is -1.61. The fourth-order valence-corrected chi connectivity index (χ4v) is 6.18. The van der Waals surface area contributed by atoms with Crippen LogP contribution in [0.15, 0.2) is 0 Å². The van der Waals surface area contributed by atoms with Crippen molar-refractivity contribution < 1.29 is 34.1 Å². The molecule has 5 unspecified atom stereocenters. The van der Waals surface area contributed by atoms with Crippen molar-refractivity contribution in [2.45, 2.75) is 149 Å². The lowest BCUT2D eigenvalue weighted by Gasteiger charge is -2.38. The van der Waals surface area contributed by atoms with E-state index in [2.05, 4.69) is 10.6 Å². The molecule has 0 aromatic rings. The molecule has 0 spiro atoms. The van der Waals surface area contributed by atoms with Crippen molar-refractivity contribution in [3.05, 3.63) is 0 Å². The highest BCUT2D eigenvalue weighted by Crippen LogP contribution is 2.41. The minimum absolute atomic E-state index is 0.137. The number of carbonyl (C=O) groups excluding carboxylic acids is 2. The third-order valence-corrected chi connectivity index (χ3v) is 10.8. The number of thioether (sulfide) groups is 1. The molecule has 5 atom stereocenters. The Hall–Kier alpha value is -1.69. The number of Topliss-reactive ketones (excluding diaryl/α,β-unsaturated/α-hetero) is 1. The van der Waals surface area contributed by atoms with E-state index in [0.717, 1.165) is 32.1 Å². The number of carboxylic acid groups (broad SMARTS) is 2. The van der Waals surface area contributed by atoms with Gasteiger partial charge in [-0.2, -0.15) is 11.8 Å². The van der Waals surface area contributed by atoms with Crippen LogP contribution in [0, 0.1) is 16.7 Å². The van der Waals surface area contributed by atoms with E-state index in [4.69, 9.17) is 10.5 Å². The highest BCUT2D eigenvalue weighted by Gasteiger charge is 2.37. The molecular formula is C32H59N3O7S. The molecule has 0 radical (unpaired) electrons. The quantitative estimate of drug-likeness (QED) is 0.103. The van der Waals surface area contributed by atoms with E-state index in [1.165, 1.54) is 11.8 Å². The Morgan fingerprint density at radius 2 is 1.51 bits per heavy atom. The predicted octanol–water partition coefficient (Wildman–Crippen LogP) is 4.97. The topological polar surface area (TPSA) is 168 Å². The van der Waals surface area contributed by atoms with Crippen molar-refractivity contribution in [1.29, 1.82) is 0 Å². The average Bonchev–Trinajstić information content (AvgIpc) is 2.89. The SMILES string of the molecule is CCC(C)(C)NC(CCC1CCC1SCC(NC(=O)C(C)(C)CCOC(C)(N)CCC(=O)C(C)(C)CC)C(=O)O)C(=O)O. The molecule has 1 aliphatic rings. The van der Waals surface area contributed by atoms with E-state index < -0.39 is 40.6 Å². The summed E-state index contributed by atoms with van der Waals surface area (Å²) in [7, 11) is 0. The van der Waals surface area contributed by atoms with Crippen LogP contribution in [-0.4, -0.2) is 74.8 Å². The molecule has 0 heterocycles. The average molecular weight is 630 g/mol. The van der Waals surface area contributed by atoms with Crippen molar-refractivity contribution in [1.82, 2.24) is 10.6 Å². The molecule has 0 aliphatic heterocycles. The number of nitrogens with two attached hydrogens (primary N) is 1. The van der Waals surface area contributed by atoms with Gasteiger partial charge in [0, 0.05) is 40.4 Å². The van der Waals surface area contributed by atoms with Gasteiger partial charge in [0.05, 0.1) is 0 Å². The molecule has 250 valence electrons. The Morgan fingerprint density at radius 1 is 0.907 bits per heavy atom. The molecular weight excluding hydrogens is 570 g/mol. The Bertz CT molecular complexity index is 951. The molecule has 1 amide bonds. The monoisotopic (exact) mass is 629 g/mol. The van der Waals surface area contributed by atoms with Crippen LogP contribution in [0.1, 0.15) is 120 Å². The number of hydrogen-bond acceptors (Lipinski definition) is 8. The van der Waals surface area contributed by atoms with Crippen molar-refractivity contribution >= 4 is 35.4 Å².